The minimum Gasteiger partial charge on any atom is -0.444 e. The maximum atomic E-state index is 12.6. The van der Waals surface area contributed by atoms with E-state index in [0.717, 1.165) is 23.3 Å². The van der Waals surface area contributed by atoms with Crippen molar-refractivity contribution in [3.8, 4) is 0 Å². The zero-order chi connectivity index (χ0) is 20.4. The topological polar surface area (TPSA) is 46.6 Å². The molecule has 1 amide bonds. The highest BCUT2D eigenvalue weighted by Crippen LogP contribution is 2.21. The van der Waals surface area contributed by atoms with Crippen LogP contribution in [0.1, 0.15) is 45.6 Å². The van der Waals surface area contributed by atoms with Gasteiger partial charge in [-0.3, -0.25) is 4.79 Å². The molecule has 0 bridgehead atoms. The molecule has 2 rings (SSSR count). The second-order valence-corrected chi connectivity index (χ2v) is 8.76. The molecule has 0 fully saturated rings. The molecule has 2 aromatic carbocycles. The summed E-state index contributed by atoms with van der Waals surface area (Å²) in [5.74, 6) is 0. The van der Waals surface area contributed by atoms with Gasteiger partial charge >= 0.3 is 6.09 Å². The molecule has 0 radical (unpaired) electrons. The smallest absolute Gasteiger partial charge is 0.410 e. The second kappa shape index (κ2) is 10.9. The molecule has 0 atom stereocenters. The van der Waals surface area contributed by atoms with Gasteiger partial charge in [0.15, 0.2) is 5.12 Å². The number of thioether (sulfide) groups is 1. The van der Waals surface area contributed by atoms with Crippen LogP contribution < -0.4 is 0 Å². The highest BCUT2D eigenvalue weighted by Gasteiger charge is 2.22. The van der Waals surface area contributed by atoms with E-state index in [1.54, 1.807) is 4.90 Å². The third-order valence-electron chi connectivity index (χ3n) is 3.90. The van der Waals surface area contributed by atoms with E-state index in [9.17, 15) is 9.59 Å². The van der Waals surface area contributed by atoms with Crippen molar-refractivity contribution in [2.75, 3.05) is 6.54 Å². The van der Waals surface area contributed by atoms with Gasteiger partial charge in [-0.2, -0.15) is 0 Å². The fourth-order valence-corrected chi connectivity index (χ4v) is 3.41. The van der Waals surface area contributed by atoms with Crippen molar-refractivity contribution in [1.29, 1.82) is 0 Å². The van der Waals surface area contributed by atoms with E-state index in [2.05, 4.69) is 0 Å². The van der Waals surface area contributed by atoms with Crippen LogP contribution in [0.4, 0.5) is 4.79 Å². The summed E-state index contributed by atoms with van der Waals surface area (Å²) in [7, 11) is 0. The molecule has 0 saturated heterocycles. The van der Waals surface area contributed by atoms with Gasteiger partial charge in [-0.1, -0.05) is 60.3 Å². The summed E-state index contributed by atoms with van der Waals surface area (Å²) in [4.78, 5) is 27.4. The Hall–Kier alpha value is -2.27. The van der Waals surface area contributed by atoms with E-state index in [1.807, 2.05) is 81.4 Å². The molecule has 0 aliphatic heterocycles. The molecular formula is C23H29NO3S. The van der Waals surface area contributed by atoms with E-state index >= 15 is 0 Å². The van der Waals surface area contributed by atoms with Crippen LogP contribution in [-0.2, 0) is 16.1 Å². The van der Waals surface area contributed by atoms with Crippen LogP contribution in [0.15, 0.2) is 65.6 Å². The Morgan fingerprint density at radius 1 is 0.929 bits per heavy atom. The number of unbranched alkanes of at least 4 members (excludes halogenated alkanes) is 1. The molecule has 0 saturated carbocycles. The predicted molar refractivity (Wildman–Crippen MR) is 114 cm³/mol. The number of rotatable bonds is 8. The molecule has 28 heavy (non-hydrogen) atoms. The first-order valence-electron chi connectivity index (χ1n) is 9.61. The highest BCUT2D eigenvalue weighted by molar-refractivity contribution is 8.13. The first-order chi connectivity index (χ1) is 13.3. The van der Waals surface area contributed by atoms with Crippen LogP contribution in [0.3, 0.4) is 0 Å². The number of hydrogen-bond acceptors (Lipinski definition) is 4. The zero-order valence-electron chi connectivity index (χ0n) is 16.9. The summed E-state index contributed by atoms with van der Waals surface area (Å²) in [6, 6.07) is 19.5. The van der Waals surface area contributed by atoms with Gasteiger partial charge in [-0.25, -0.2) is 4.79 Å². The monoisotopic (exact) mass is 399 g/mol. The summed E-state index contributed by atoms with van der Waals surface area (Å²) in [5, 5.41) is 0.151. The van der Waals surface area contributed by atoms with E-state index < -0.39 is 5.60 Å². The van der Waals surface area contributed by atoms with Gasteiger partial charge in [0, 0.05) is 24.4 Å². The Morgan fingerprint density at radius 2 is 1.54 bits per heavy atom. The van der Waals surface area contributed by atoms with Gasteiger partial charge in [0.2, 0.25) is 0 Å². The van der Waals surface area contributed by atoms with Gasteiger partial charge in [-0.15, -0.1) is 0 Å². The van der Waals surface area contributed by atoms with Gasteiger partial charge in [0.1, 0.15) is 5.60 Å². The average molecular weight is 400 g/mol. The summed E-state index contributed by atoms with van der Waals surface area (Å²) in [6.07, 6.45) is 1.67. The lowest BCUT2D eigenvalue weighted by atomic mass is 10.2. The van der Waals surface area contributed by atoms with Gasteiger partial charge < -0.3 is 9.64 Å². The summed E-state index contributed by atoms with van der Waals surface area (Å²) in [5.41, 5.74) is 0.526. The maximum Gasteiger partial charge on any atom is 0.410 e. The van der Waals surface area contributed by atoms with Crippen molar-refractivity contribution in [1.82, 2.24) is 4.90 Å². The molecule has 0 aliphatic rings. The van der Waals surface area contributed by atoms with Crippen LogP contribution in [0, 0.1) is 0 Å². The van der Waals surface area contributed by atoms with Gasteiger partial charge in [0.25, 0.3) is 0 Å². The number of amides is 1. The molecule has 5 heteroatoms. The lowest BCUT2D eigenvalue weighted by Gasteiger charge is -2.27. The quantitative estimate of drug-likeness (QED) is 0.409. The highest BCUT2D eigenvalue weighted by atomic mass is 32.2. The van der Waals surface area contributed by atoms with Crippen molar-refractivity contribution in [2.45, 2.75) is 57.1 Å². The SMILES string of the molecule is CC(C)(C)OC(=O)N(CCCCC(=O)Sc1ccccc1)Cc1ccccc1. The number of carbonyl (C=O) groups excluding carboxylic acids is 2. The van der Waals surface area contributed by atoms with Crippen LogP contribution in [0.2, 0.25) is 0 Å². The fourth-order valence-electron chi connectivity index (χ4n) is 2.61. The normalized spacial score (nSPS) is 11.1. The van der Waals surface area contributed by atoms with Crippen LogP contribution in [0.25, 0.3) is 0 Å². The van der Waals surface area contributed by atoms with Gasteiger partial charge in [0.05, 0.1) is 0 Å². The van der Waals surface area contributed by atoms with E-state index in [-0.39, 0.29) is 11.2 Å². The molecule has 4 nitrogen and oxygen atoms in total. The summed E-state index contributed by atoms with van der Waals surface area (Å²) < 4.78 is 5.55. The lowest BCUT2D eigenvalue weighted by molar-refractivity contribution is -0.111. The molecule has 150 valence electrons. The third kappa shape index (κ3) is 8.61. The molecule has 0 N–H and O–H groups in total. The Bertz CT molecular complexity index is 741. The van der Waals surface area contributed by atoms with Crippen molar-refractivity contribution >= 4 is 23.0 Å². The van der Waals surface area contributed by atoms with E-state index in [0.29, 0.717) is 19.5 Å². The zero-order valence-corrected chi connectivity index (χ0v) is 17.7. The largest absolute Gasteiger partial charge is 0.444 e. The van der Waals surface area contributed by atoms with Crippen LogP contribution in [-0.4, -0.2) is 28.3 Å². The van der Waals surface area contributed by atoms with E-state index in [1.165, 1.54) is 11.8 Å². The van der Waals surface area contributed by atoms with Crippen molar-refractivity contribution in [3.05, 3.63) is 66.2 Å². The van der Waals surface area contributed by atoms with Crippen LogP contribution in [0.5, 0.6) is 0 Å². The molecule has 0 unspecified atom stereocenters. The molecule has 0 aliphatic carbocycles. The molecule has 0 heterocycles. The Labute approximate surface area is 172 Å². The molecule has 2 aromatic rings. The number of carbonyl (C=O) groups is 2. The fraction of sp³-hybridized carbons (Fsp3) is 0.391. The number of hydrogen-bond donors (Lipinski definition) is 0. The maximum absolute atomic E-state index is 12.6. The summed E-state index contributed by atoms with van der Waals surface area (Å²) in [6.45, 7) is 6.66. The number of benzene rings is 2. The molecule has 0 spiro atoms. The van der Waals surface area contributed by atoms with Crippen molar-refractivity contribution in [3.63, 3.8) is 0 Å². The Kier molecular flexibility index (Phi) is 8.58. The number of ether oxygens (including phenoxy) is 1. The van der Waals surface area contributed by atoms with Crippen molar-refractivity contribution < 1.29 is 14.3 Å². The average Bonchev–Trinajstić information content (AvgIpc) is 2.64. The first-order valence-corrected chi connectivity index (χ1v) is 10.4. The van der Waals surface area contributed by atoms with Crippen LogP contribution >= 0.6 is 11.8 Å². The number of nitrogens with zero attached hydrogens (tertiary/aromatic N) is 1. The lowest BCUT2D eigenvalue weighted by Crippen LogP contribution is -2.37. The molecule has 0 aromatic heterocycles. The Balaban J connectivity index is 1.83. The minimum atomic E-state index is -0.533. The van der Waals surface area contributed by atoms with Gasteiger partial charge in [-0.05, 0) is 51.3 Å². The second-order valence-electron chi connectivity index (χ2n) is 7.63. The molecular weight excluding hydrogens is 370 g/mol. The standard InChI is InChI=1S/C23H29NO3S/c1-23(2,3)27-22(26)24(18-19-12-6-4-7-13-19)17-11-10-16-21(25)28-20-14-8-5-9-15-20/h4-9,12-15H,10-11,16-18H2,1-3H3. The first kappa shape index (κ1) is 22.0. The predicted octanol–water partition coefficient (Wildman–Crippen LogP) is 5.91. The Morgan fingerprint density at radius 3 is 2.14 bits per heavy atom. The van der Waals surface area contributed by atoms with Crippen molar-refractivity contribution in [2.24, 2.45) is 0 Å². The minimum absolute atomic E-state index is 0.151. The summed E-state index contributed by atoms with van der Waals surface area (Å²) >= 11 is 1.28. The third-order valence-corrected chi connectivity index (χ3v) is 4.84. The van der Waals surface area contributed by atoms with E-state index in [4.69, 9.17) is 4.74 Å².